The number of nitrogens with zero attached hydrogens (tertiary/aromatic N) is 2. The average molecular weight is 298 g/mol. The SMILES string of the molecule is CC(C)(C)NC(=O)CC(CN)N1CCN(C(C)(C)C)CC1. The van der Waals surface area contributed by atoms with Gasteiger partial charge in [-0.25, -0.2) is 0 Å². The number of carbonyl (C=O) groups excluding carboxylic acids is 1. The van der Waals surface area contributed by atoms with Crippen LogP contribution in [-0.4, -0.2) is 65.6 Å². The Kier molecular flexibility index (Phi) is 6.20. The van der Waals surface area contributed by atoms with Gasteiger partial charge in [0.15, 0.2) is 0 Å². The molecule has 1 unspecified atom stereocenters. The lowest BCUT2D eigenvalue weighted by Gasteiger charge is -2.44. The largest absolute Gasteiger partial charge is 0.351 e. The number of piperazine rings is 1. The molecule has 1 saturated heterocycles. The van der Waals surface area contributed by atoms with Gasteiger partial charge in [-0.15, -0.1) is 0 Å². The first-order valence-corrected chi connectivity index (χ1v) is 8.03. The summed E-state index contributed by atoms with van der Waals surface area (Å²) in [4.78, 5) is 16.9. The molecular weight excluding hydrogens is 264 g/mol. The fraction of sp³-hybridized carbons (Fsp3) is 0.938. The van der Waals surface area contributed by atoms with Gasteiger partial charge in [0.25, 0.3) is 0 Å². The van der Waals surface area contributed by atoms with Gasteiger partial charge in [0.05, 0.1) is 0 Å². The number of nitrogens with one attached hydrogen (secondary N) is 1. The van der Waals surface area contributed by atoms with Gasteiger partial charge in [0, 0.05) is 56.3 Å². The Labute approximate surface area is 130 Å². The first kappa shape index (κ1) is 18.4. The Morgan fingerprint density at radius 3 is 2.00 bits per heavy atom. The summed E-state index contributed by atoms with van der Waals surface area (Å²) < 4.78 is 0. The van der Waals surface area contributed by atoms with Crippen LogP contribution < -0.4 is 11.1 Å². The molecule has 1 aliphatic rings. The molecule has 0 bridgehead atoms. The molecule has 1 heterocycles. The predicted molar refractivity (Wildman–Crippen MR) is 88.3 cm³/mol. The second-order valence-corrected chi connectivity index (χ2v) is 8.09. The molecule has 1 aliphatic heterocycles. The van der Waals surface area contributed by atoms with E-state index in [2.05, 4.69) is 35.9 Å². The van der Waals surface area contributed by atoms with E-state index >= 15 is 0 Å². The number of hydrogen-bond acceptors (Lipinski definition) is 4. The van der Waals surface area contributed by atoms with Crippen LogP contribution in [0, 0.1) is 0 Å². The molecule has 0 aromatic carbocycles. The zero-order chi connectivity index (χ0) is 16.3. The van der Waals surface area contributed by atoms with Crippen molar-refractivity contribution >= 4 is 5.91 Å². The summed E-state index contributed by atoms with van der Waals surface area (Å²) in [5.74, 6) is 0.0937. The highest BCUT2D eigenvalue weighted by atomic mass is 16.1. The van der Waals surface area contributed by atoms with Crippen molar-refractivity contribution in [2.24, 2.45) is 5.73 Å². The van der Waals surface area contributed by atoms with Crippen molar-refractivity contribution in [3.63, 3.8) is 0 Å². The number of amides is 1. The van der Waals surface area contributed by atoms with E-state index in [1.807, 2.05) is 20.8 Å². The Balaban J connectivity index is 2.50. The van der Waals surface area contributed by atoms with Crippen molar-refractivity contribution in [3.8, 4) is 0 Å². The van der Waals surface area contributed by atoms with Gasteiger partial charge in [-0.05, 0) is 41.5 Å². The first-order valence-electron chi connectivity index (χ1n) is 8.03. The zero-order valence-corrected chi connectivity index (χ0v) is 14.7. The number of carbonyl (C=O) groups is 1. The van der Waals surface area contributed by atoms with Crippen LogP contribution in [-0.2, 0) is 4.79 Å². The van der Waals surface area contributed by atoms with Gasteiger partial charge in [0.1, 0.15) is 0 Å². The molecule has 0 saturated carbocycles. The third-order valence-electron chi connectivity index (χ3n) is 3.99. The Hall–Kier alpha value is -0.650. The quantitative estimate of drug-likeness (QED) is 0.814. The third-order valence-corrected chi connectivity index (χ3v) is 3.99. The van der Waals surface area contributed by atoms with Crippen molar-refractivity contribution in [1.82, 2.24) is 15.1 Å². The summed E-state index contributed by atoms with van der Waals surface area (Å²) in [7, 11) is 0. The molecule has 5 heteroatoms. The molecular formula is C16H34N4O. The van der Waals surface area contributed by atoms with E-state index in [9.17, 15) is 4.79 Å². The molecule has 1 atom stereocenters. The molecule has 0 radical (unpaired) electrons. The molecule has 0 aliphatic carbocycles. The van der Waals surface area contributed by atoms with Crippen LogP contribution >= 0.6 is 0 Å². The van der Waals surface area contributed by atoms with E-state index in [4.69, 9.17) is 5.73 Å². The maximum Gasteiger partial charge on any atom is 0.222 e. The molecule has 0 aromatic rings. The first-order chi connectivity index (χ1) is 9.53. The molecule has 0 aromatic heterocycles. The van der Waals surface area contributed by atoms with Crippen LogP contribution in [0.4, 0.5) is 0 Å². The number of rotatable bonds is 4. The van der Waals surface area contributed by atoms with Gasteiger partial charge in [-0.1, -0.05) is 0 Å². The third kappa shape index (κ3) is 6.32. The molecule has 5 nitrogen and oxygen atoms in total. The van der Waals surface area contributed by atoms with Crippen molar-refractivity contribution in [2.75, 3.05) is 32.7 Å². The van der Waals surface area contributed by atoms with Crippen LogP contribution in [0.3, 0.4) is 0 Å². The highest BCUT2D eigenvalue weighted by Gasteiger charge is 2.29. The summed E-state index contributed by atoms with van der Waals surface area (Å²) in [6.45, 7) is 17.4. The van der Waals surface area contributed by atoms with E-state index < -0.39 is 0 Å². The lowest BCUT2D eigenvalue weighted by atomic mass is 10.0. The van der Waals surface area contributed by atoms with Crippen molar-refractivity contribution in [2.45, 2.75) is 65.1 Å². The summed E-state index contributed by atoms with van der Waals surface area (Å²) in [6, 6.07) is 0.148. The van der Waals surface area contributed by atoms with Gasteiger partial charge in [-0.3, -0.25) is 14.6 Å². The Morgan fingerprint density at radius 1 is 1.10 bits per heavy atom. The van der Waals surface area contributed by atoms with Gasteiger partial charge >= 0.3 is 0 Å². The average Bonchev–Trinajstić information content (AvgIpc) is 2.33. The summed E-state index contributed by atoms with van der Waals surface area (Å²) in [6.07, 6.45) is 0.489. The monoisotopic (exact) mass is 298 g/mol. The van der Waals surface area contributed by atoms with E-state index in [0.717, 1.165) is 26.2 Å². The fourth-order valence-corrected chi connectivity index (χ4v) is 2.80. The maximum absolute atomic E-state index is 12.1. The highest BCUT2D eigenvalue weighted by molar-refractivity contribution is 5.77. The van der Waals surface area contributed by atoms with E-state index in [1.165, 1.54) is 0 Å². The number of hydrogen-bond donors (Lipinski definition) is 2. The maximum atomic E-state index is 12.1. The lowest BCUT2D eigenvalue weighted by molar-refractivity contribution is -0.124. The second-order valence-electron chi connectivity index (χ2n) is 8.09. The zero-order valence-electron chi connectivity index (χ0n) is 14.7. The van der Waals surface area contributed by atoms with Gasteiger partial charge in [0.2, 0.25) is 5.91 Å². The Bertz CT molecular complexity index is 335. The lowest BCUT2D eigenvalue weighted by Crippen LogP contribution is -2.57. The molecule has 1 fully saturated rings. The molecule has 21 heavy (non-hydrogen) atoms. The minimum absolute atomic E-state index is 0.0937. The van der Waals surface area contributed by atoms with Gasteiger partial charge < -0.3 is 11.1 Å². The molecule has 3 N–H and O–H groups in total. The fourth-order valence-electron chi connectivity index (χ4n) is 2.80. The summed E-state index contributed by atoms with van der Waals surface area (Å²) in [5, 5.41) is 3.02. The standard InChI is InChI=1S/C16H34N4O/c1-15(2,3)18-14(21)11-13(12-17)19-7-9-20(10-8-19)16(4,5)6/h13H,7-12,17H2,1-6H3,(H,18,21). The van der Waals surface area contributed by atoms with E-state index in [-0.39, 0.29) is 23.0 Å². The molecule has 124 valence electrons. The van der Waals surface area contributed by atoms with Crippen molar-refractivity contribution < 1.29 is 4.79 Å². The van der Waals surface area contributed by atoms with Crippen LogP contribution in [0.2, 0.25) is 0 Å². The molecule has 1 rings (SSSR count). The topological polar surface area (TPSA) is 61.6 Å². The van der Waals surface area contributed by atoms with Crippen LogP contribution in [0.5, 0.6) is 0 Å². The highest BCUT2D eigenvalue weighted by Crippen LogP contribution is 2.17. The van der Waals surface area contributed by atoms with Gasteiger partial charge in [-0.2, -0.15) is 0 Å². The number of nitrogens with two attached hydrogens (primary N) is 1. The van der Waals surface area contributed by atoms with Crippen molar-refractivity contribution in [1.29, 1.82) is 0 Å². The minimum Gasteiger partial charge on any atom is -0.351 e. The normalized spacial score (nSPS) is 20.3. The van der Waals surface area contributed by atoms with Crippen LogP contribution in [0.15, 0.2) is 0 Å². The van der Waals surface area contributed by atoms with Crippen LogP contribution in [0.1, 0.15) is 48.0 Å². The van der Waals surface area contributed by atoms with E-state index in [1.54, 1.807) is 0 Å². The molecule has 0 spiro atoms. The second kappa shape index (κ2) is 7.07. The summed E-state index contributed by atoms with van der Waals surface area (Å²) >= 11 is 0. The van der Waals surface area contributed by atoms with E-state index in [0.29, 0.717) is 13.0 Å². The minimum atomic E-state index is -0.179. The smallest absolute Gasteiger partial charge is 0.222 e. The van der Waals surface area contributed by atoms with Crippen molar-refractivity contribution in [3.05, 3.63) is 0 Å². The van der Waals surface area contributed by atoms with Crippen LogP contribution in [0.25, 0.3) is 0 Å². The molecule has 1 amide bonds. The summed E-state index contributed by atoms with van der Waals surface area (Å²) in [5.41, 5.74) is 5.94. The Morgan fingerprint density at radius 2 is 1.62 bits per heavy atom. The predicted octanol–water partition coefficient (Wildman–Crippen LogP) is 1.03.